The summed E-state index contributed by atoms with van der Waals surface area (Å²) in [6, 6.07) is 11.1. The van der Waals surface area contributed by atoms with E-state index in [9.17, 15) is 4.79 Å². The van der Waals surface area contributed by atoms with E-state index in [0.29, 0.717) is 23.1 Å². The highest BCUT2D eigenvalue weighted by Crippen LogP contribution is 2.19. The van der Waals surface area contributed by atoms with Crippen molar-refractivity contribution in [1.82, 2.24) is 30.1 Å². The monoisotopic (exact) mass is 366 g/mol. The number of hydrogen-bond donors (Lipinski definition) is 1. The van der Waals surface area contributed by atoms with Crippen LogP contribution in [-0.4, -0.2) is 36.5 Å². The van der Waals surface area contributed by atoms with Crippen LogP contribution in [0.3, 0.4) is 0 Å². The first-order chi connectivity index (χ1) is 12.8. The molecule has 0 bridgehead atoms. The Hall–Kier alpha value is -3.20. The van der Waals surface area contributed by atoms with Gasteiger partial charge in [-0.25, -0.2) is 0 Å². The molecule has 0 spiro atoms. The van der Waals surface area contributed by atoms with Gasteiger partial charge in [0.1, 0.15) is 5.76 Å². The van der Waals surface area contributed by atoms with Gasteiger partial charge in [0.15, 0.2) is 5.65 Å². The van der Waals surface area contributed by atoms with E-state index in [1.54, 1.807) is 29.2 Å². The molecule has 4 heterocycles. The van der Waals surface area contributed by atoms with Crippen LogP contribution in [0.2, 0.25) is 0 Å². The molecule has 4 aromatic heterocycles. The molecule has 0 radical (unpaired) electrons. The maximum atomic E-state index is 12.0. The summed E-state index contributed by atoms with van der Waals surface area (Å²) in [6.45, 7) is 0.358. The number of aromatic nitrogens is 5. The van der Waals surface area contributed by atoms with E-state index in [4.69, 9.17) is 4.42 Å². The van der Waals surface area contributed by atoms with Crippen LogP contribution in [0.25, 0.3) is 16.9 Å². The predicted octanol–water partition coefficient (Wildman–Crippen LogP) is 2.19. The Bertz CT molecular complexity index is 1020. The van der Waals surface area contributed by atoms with Gasteiger partial charge in [-0.05, 0) is 36.4 Å². The van der Waals surface area contributed by atoms with Gasteiger partial charge in [0, 0.05) is 18.0 Å². The zero-order valence-electron chi connectivity index (χ0n) is 13.6. The summed E-state index contributed by atoms with van der Waals surface area (Å²) in [5, 5.41) is 16.1. The fourth-order valence-corrected chi connectivity index (χ4v) is 3.02. The van der Waals surface area contributed by atoms with E-state index < -0.39 is 0 Å². The summed E-state index contributed by atoms with van der Waals surface area (Å²) >= 11 is 1.27. The van der Waals surface area contributed by atoms with Crippen LogP contribution in [0, 0.1) is 0 Å². The highest BCUT2D eigenvalue weighted by molar-refractivity contribution is 7.99. The van der Waals surface area contributed by atoms with Crippen LogP contribution in [0.1, 0.15) is 5.76 Å². The summed E-state index contributed by atoms with van der Waals surface area (Å²) < 4.78 is 6.82. The van der Waals surface area contributed by atoms with E-state index in [0.717, 1.165) is 11.3 Å². The second-order valence-electron chi connectivity index (χ2n) is 5.36. The van der Waals surface area contributed by atoms with Gasteiger partial charge in [-0.1, -0.05) is 11.8 Å². The number of thioether (sulfide) groups is 1. The SMILES string of the molecule is O=C(CSc1nnc2ccc(-c3cccnc3)nn12)NCc1ccco1. The number of fused-ring (bicyclic) bond motifs is 1. The molecule has 9 heteroatoms. The molecule has 8 nitrogen and oxygen atoms in total. The summed E-state index contributed by atoms with van der Waals surface area (Å²) in [5.41, 5.74) is 2.28. The highest BCUT2D eigenvalue weighted by atomic mass is 32.2. The van der Waals surface area contributed by atoms with Crippen molar-refractivity contribution in [2.45, 2.75) is 11.7 Å². The summed E-state index contributed by atoms with van der Waals surface area (Å²) in [4.78, 5) is 16.1. The molecule has 0 aliphatic rings. The van der Waals surface area contributed by atoms with Crippen molar-refractivity contribution in [2.24, 2.45) is 0 Å². The van der Waals surface area contributed by atoms with Gasteiger partial charge in [0.25, 0.3) is 0 Å². The third-order valence-electron chi connectivity index (χ3n) is 3.56. The Morgan fingerprint density at radius 1 is 1.19 bits per heavy atom. The number of amides is 1. The van der Waals surface area contributed by atoms with Gasteiger partial charge in [-0.15, -0.1) is 10.2 Å². The minimum atomic E-state index is -0.119. The molecule has 130 valence electrons. The molecule has 26 heavy (non-hydrogen) atoms. The number of carbonyl (C=O) groups excluding carboxylic acids is 1. The predicted molar refractivity (Wildman–Crippen MR) is 95.3 cm³/mol. The molecule has 1 amide bonds. The first-order valence-corrected chi connectivity index (χ1v) is 8.83. The average Bonchev–Trinajstić information content (AvgIpc) is 3.35. The van der Waals surface area contributed by atoms with Crippen molar-refractivity contribution in [1.29, 1.82) is 0 Å². The zero-order chi connectivity index (χ0) is 17.8. The zero-order valence-corrected chi connectivity index (χ0v) is 14.4. The van der Waals surface area contributed by atoms with E-state index >= 15 is 0 Å². The molecule has 0 saturated carbocycles. The standard InChI is InChI=1S/C17H14N6O2S/c24-16(19-10-13-4-2-8-25-13)11-26-17-21-20-15-6-5-14(22-23(15)17)12-3-1-7-18-9-12/h1-9H,10-11H2,(H,19,24). The lowest BCUT2D eigenvalue weighted by Crippen LogP contribution is -2.24. The summed E-state index contributed by atoms with van der Waals surface area (Å²) in [7, 11) is 0. The molecule has 0 fully saturated rings. The smallest absolute Gasteiger partial charge is 0.230 e. The first kappa shape index (κ1) is 16.3. The fourth-order valence-electron chi connectivity index (χ4n) is 2.31. The van der Waals surface area contributed by atoms with Crippen molar-refractivity contribution in [3.8, 4) is 11.3 Å². The van der Waals surface area contributed by atoms with Crippen LogP contribution >= 0.6 is 11.8 Å². The lowest BCUT2D eigenvalue weighted by molar-refractivity contribution is -0.118. The number of rotatable bonds is 6. The molecule has 4 aromatic rings. The van der Waals surface area contributed by atoms with Gasteiger partial charge < -0.3 is 9.73 Å². The number of carbonyl (C=O) groups is 1. The van der Waals surface area contributed by atoms with Crippen LogP contribution in [-0.2, 0) is 11.3 Å². The normalized spacial score (nSPS) is 10.9. The first-order valence-electron chi connectivity index (χ1n) is 7.84. The lowest BCUT2D eigenvalue weighted by atomic mass is 10.2. The number of nitrogens with one attached hydrogen (secondary N) is 1. The molecular formula is C17H14N6O2S. The van der Waals surface area contributed by atoms with E-state index in [1.807, 2.05) is 30.3 Å². The molecule has 0 aromatic carbocycles. The number of hydrogen-bond acceptors (Lipinski definition) is 7. The van der Waals surface area contributed by atoms with Gasteiger partial charge in [-0.3, -0.25) is 9.78 Å². The van der Waals surface area contributed by atoms with Crippen LogP contribution in [0.4, 0.5) is 0 Å². The molecule has 0 atom stereocenters. The Balaban J connectivity index is 1.45. The lowest BCUT2D eigenvalue weighted by Gasteiger charge is -2.04. The topological polar surface area (TPSA) is 98.2 Å². The molecular weight excluding hydrogens is 352 g/mol. The van der Waals surface area contributed by atoms with E-state index in [2.05, 4.69) is 25.6 Å². The molecule has 0 unspecified atom stereocenters. The Morgan fingerprint density at radius 3 is 2.96 bits per heavy atom. The quantitative estimate of drug-likeness (QED) is 0.522. The summed E-state index contributed by atoms with van der Waals surface area (Å²) in [6.07, 6.45) is 5.03. The van der Waals surface area contributed by atoms with Crippen molar-refractivity contribution in [3.05, 3.63) is 60.8 Å². The Kier molecular flexibility index (Phi) is 4.61. The maximum absolute atomic E-state index is 12.0. The molecule has 0 saturated heterocycles. The maximum Gasteiger partial charge on any atom is 0.230 e. The van der Waals surface area contributed by atoms with Gasteiger partial charge in [0.05, 0.1) is 24.3 Å². The summed E-state index contributed by atoms with van der Waals surface area (Å²) in [5.74, 6) is 0.797. The third-order valence-corrected chi connectivity index (χ3v) is 4.48. The van der Waals surface area contributed by atoms with Crippen LogP contribution in [0.5, 0.6) is 0 Å². The highest BCUT2D eigenvalue weighted by Gasteiger charge is 2.12. The molecule has 0 aliphatic carbocycles. The van der Waals surface area contributed by atoms with Gasteiger partial charge >= 0.3 is 0 Å². The van der Waals surface area contributed by atoms with E-state index in [1.165, 1.54) is 11.8 Å². The number of nitrogens with zero attached hydrogens (tertiary/aromatic N) is 5. The van der Waals surface area contributed by atoms with Crippen molar-refractivity contribution >= 4 is 23.3 Å². The fraction of sp³-hybridized carbons (Fsp3) is 0.118. The van der Waals surface area contributed by atoms with Crippen molar-refractivity contribution in [3.63, 3.8) is 0 Å². The van der Waals surface area contributed by atoms with Gasteiger partial charge in [-0.2, -0.15) is 9.61 Å². The minimum Gasteiger partial charge on any atom is -0.467 e. The van der Waals surface area contributed by atoms with Crippen molar-refractivity contribution < 1.29 is 9.21 Å². The average molecular weight is 366 g/mol. The van der Waals surface area contributed by atoms with Crippen molar-refractivity contribution in [2.75, 3.05) is 5.75 Å². The second kappa shape index (κ2) is 7.36. The van der Waals surface area contributed by atoms with Crippen LogP contribution < -0.4 is 5.32 Å². The largest absolute Gasteiger partial charge is 0.467 e. The third kappa shape index (κ3) is 3.57. The molecule has 1 N–H and O–H groups in total. The number of pyridine rings is 1. The molecule has 0 aliphatic heterocycles. The Labute approximate surface area is 152 Å². The van der Waals surface area contributed by atoms with Crippen LogP contribution in [0.15, 0.2) is 64.6 Å². The Morgan fingerprint density at radius 2 is 2.15 bits per heavy atom. The molecule has 4 rings (SSSR count). The van der Waals surface area contributed by atoms with Gasteiger partial charge in [0.2, 0.25) is 11.1 Å². The minimum absolute atomic E-state index is 0.119. The van der Waals surface area contributed by atoms with E-state index in [-0.39, 0.29) is 11.7 Å². The second-order valence-corrected chi connectivity index (χ2v) is 6.30. The number of furan rings is 1.